The lowest BCUT2D eigenvalue weighted by molar-refractivity contribution is -0.118. The van der Waals surface area contributed by atoms with E-state index in [9.17, 15) is 4.79 Å². The van der Waals surface area contributed by atoms with E-state index in [0.717, 1.165) is 21.5 Å². The fourth-order valence-electron chi connectivity index (χ4n) is 2.51. The molecule has 0 bridgehead atoms. The minimum atomic E-state index is 0.0398. The molecule has 0 atom stereocenters. The van der Waals surface area contributed by atoms with Gasteiger partial charge in [-0.2, -0.15) is 5.10 Å². The van der Waals surface area contributed by atoms with Gasteiger partial charge in [-0.15, -0.1) is 11.8 Å². The van der Waals surface area contributed by atoms with Crippen molar-refractivity contribution < 1.29 is 4.79 Å². The van der Waals surface area contributed by atoms with Gasteiger partial charge in [-0.1, -0.05) is 40.2 Å². The summed E-state index contributed by atoms with van der Waals surface area (Å²) in [6, 6.07) is 16.2. The highest BCUT2D eigenvalue weighted by molar-refractivity contribution is 9.10. The predicted molar refractivity (Wildman–Crippen MR) is 109 cm³/mol. The van der Waals surface area contributed by atoms with Crippen LogP contribution < -0.4 is 5.32 Å². The SMILES string of the molecule is Cc1cc(Br)ccc1SCC(=O)NCc1ccc(Cn2cccn2)cc1. The smallest absolute Gasteiger partial charge is 0.230 e. The average molecular weight is 430 g/mol. The number of benzene rings is 2. The number of nitrogens with one attached hydrogen (secondary N) is 1. The fourth-order valence-corrected chi connectivity index (χ4v) is 3.83. The number of aromatic nitrogens is 2. The van der Waals surface area contributed by atoms with Crippen LogP contribution in [0.25, 0.3) is 0 Å². The zero-order valence-corrected chi connectivity index (χ0v) is 16.9. The molecule has 0 saturated carbocycles. The van der Waals surface area contributed by atoms with Crippen LogP contribution >= 0.6 is 27.7 Å². The zero-order chi connectivity index (χ0) is 18.4. The van der Waals surface area contributed by atoms with Crippen molar-refractivity contribution in [1.29, 1.82) is 0 Å². The van der Waals surface area contributed by atoms with Gasteiger partial charge in [-0.3, -0.25) is 9.48 Å². The molecule has 0 spiro atoms. The lowest BCUT2D eigenvalue weighted by Crippen LogP contribution is -2.24. The van der Waals surface area contributed by atoms with Crippen molar-refractivity contribution in [1.82, 2.24) is 15.1 Å². The van der Waals surface area contributed by atoms with Gasteiger partial charge in [0.15, 0.2) is 0 Å². The first-order chi connectivity index (χ1) is 12.6. The van der Waals surface area contributed by atoms with Gasteiger partial charge in [-0.05, 0) is 47.9 Å². The molecular formula is C20H20BrN3OS. The van der Waals surface area contributed by atoms with Gasteiger partial charge in [0.25, 0.3) is 0 Å². The first kappa shape index (κ1) is 18.7. The number of aryl methyl sites for hydroxylation is 1. The van der Waals surface area contributed by atoms with Gasteiger partial charge >= 0.3 is 0 Å². The monoisotopic (exact) mass is 429 g/mol. The van der Waals surface area contributed by atoms with Crippen molar-refractivity contribution in [3.05, 3.63) is 82.1 Å². The third-order valence-electron chi connectivity index (χ3n) is 3.91. The van der Waals surface area contributed by atoms with Gasteiger partial charge in [0.05, 0.1) is 12.3 Å². The normalized spacial score (nSPS) is 10.7. The second-order valence-corrected chi connectivity index (χ2v) is 7.93. The van der Waals surface area contributed by atoms with Crippen molar-refractivity contribution in [3.8, 4) is 0 Å². The second-order valence-electron chi connectivity index (χ2n) is 6.00. The number of amides is 1. The van der Waals surface area contributed by atoms with E-state index in [2.05, 4.69) is 51.5 Å². The van der Waals surface area contributed by atoms with Crippen LogP contribution in [0, 0.1) is 6.92 Å². The Kier molecular flexibility index (Phi) is 6.52. The molecule has 1 aromatic heterocycles. The quantitative estimate of drug-likeness (QED) is 0.565. The van der Waals surface area contributed by atoms with Crippen LogP contribution in [-0.4, -0.2) is 21.4 Å². The molecule has 0 fully saturated rings. The molecule has 0 unspecified atom stereocenters. The van der Waals surface area contributed by atoms with Crippen molar-refractivity contribution in [2.45, 2.75) is 24.9 Å². The van der Waals surface area contributed by atoms with E-state index >= 15 is 0 Å². The summed E-state index contributed by atoms with van der Waals surface area (Å²) in [6.45, 7) is 3.35. The molecule has 0 radical (unpaired) electrons. The largest absolute Gasteiger partial charge is 0.351 e. The Bertz CT molecular complexity index is 863. The third-order valence-corrected chi connectivity index (χ3v) is 5.58. The minimum absolute atomic E-state index is 0.0398. The van der Waals surface area contributed by atoms with Crippen molar-refractivity contribution in [2.24, 2.45) is 0 Å². The molecule has 0 aliphatic carbocycles. The summed E-state index contributed by atoms with van der Waals surface area (Å²) in [5, 5.41) is 7.18. The Morgan fingerprint density at radius 3 is 2.65 bits per heavy atom. The van der Waals surface area contributed by atoms with Gasteiger partial charge in [0.1, 0.15) is 0 Å². The maximum atomic E-state index is 12.1. The Labute approximate surface area is 166 Å². The molecule has 2 aromatic carbocycles. The first-order valence-corrected chi connectivity index (χ1v) is 10.1. The van der Waals surface area contributed by atoms with Crippen LogP contribution in [0.2, 0.25) is 0 Å². The molecular weight excluding hydrogens is 410 g/mol. The van der Waals surface area contributed by atoms with Crippen LogP contribution in [-0.2, 0) is 17.9 Å². The van der Waals surface area contributed by atoms with Crippen LogP contribution in [0.3, 0.4) is 0 Å². The van der Waals surface area contributed by atoms with Crippen LogP contribution in [0.4, 0.5) is 0 Å². The number of carbonyl (C=O) groups excluding carboxylic acids is 1. The highest BCUT2D eigenvalue weighted by atomic mass is 79.9. The molecule has 6 heteroatoms. The first-order valence-electron chi connectivity index (χ1n) is 8.31. The van der Waals surface area contributed by atoms with E-state index in [1.54, 1.807) is 18.0 Å². The maximum Gasteiger partial charge on any atom is 0.230 e. The molecule has 134 valence electrons. The van der Waals surface area contributed by atoms with Gasteiger partial charge in [-0.25, -0.2) is 0 Å². The third kappa shape index (κ3) is 5.47. The summed E-state index contributed by atoms with van der Waals surface area (Å²) in [5.41, 5.74) is 3.45. The van der Waals surface area contributed by atoms with E-state index < -0.39 is 0 Å². The number of halogens is 1. The van der Waals surface area contributed by atoms with E-state index in [1.807, 2.05) is 41.2 Å². The molecule has 0 aliphatic heterocycles. The predicted octanol–water partition coefficient (Wildman–Crippen LogP) is 4.41. The standard InChI is InChI=1S/C20H20BrN3OS/c1-15-11-18(21)7-8-19(15)26-14-20(25)22-12-16-3-5-17(6-4-16)13-24-10-2-9-23-24/h2-11H,12-14H2,1H3,(H,22,25). The molecule has 0 saturated heterocycles. The van der Waals surface area contributed by atoms with Crippen molar-refractivity contribution in [2.75, 3.05) is 5.75 Å². The maximum absolute atomic E-state index is 12.1. The number of carbonyl (C=O) groups is 1. The Hall–Kier alpha value is -2.05. The summed E-state index contributed by atoms with van der Waals surface area (Å²) in [7, 11) is 0. The van der Waals surface area contributed by atoms with E-state index in [4.69, 9.17) is 0 Å². The number of nitrogens with zero attached hydrogens (tertiary/aromatic N) is 2. The highest BCUT2D eigenvalue weighted by Gasteiger charge is 2.06. The lowest BCUT2D eigenvalue weighted by Gasteiger charge is -2.08. The summed E-state index contributed by atoms with van der Waals surface area (Å²) in [6.07, 6.45) is 3.72. The van der Waals surface area contributed by atoms with Crippen molar-refractivity contribution in [3.63, 3.8) is 0 Å². The molecule has 1 heterocycles. The summed E-state index contributed by atoms with van der Waals surface area (Å²) < 4.78 is 2.94. The van der Waals surface area contributed by atoms with E-state index in [-0.39, 0.29) is 5.91 Å². The highest BCUT2D eigenvalue weighted by Crippen LogP contribution is 2.25. The van der Waals surface area contributed by atoms with Crippen LogP contribution in [0.15, 0.2) is 70.3 Å². The number of hydrogen-bond donors (Lipinski definition) is 1. The summed E-state index contributed by atoms with van der Waals surface area (Å²) in [5.74, 6) is 0.456. The minimum Gasteiger partial charge on any atom is -0.351 e. The number of rotatable bonds is 7. The molecule has 26 heavy (non-hydrogen) atoms. The molecule has 0 aliphatic rings. The Morgan fingerprint density at radius 2 is 1.96 bits per heavy atom. The molecule has 1 N–H and O–H groups in total. The molecule has 3 rings (SSSR count). The summed E-state index contributed by atoms with van der Waals surface area (Å²) in [4.78, 5) is 13.2. The summed E-state index contributed by atoms with van der Waals surface area (Å²) >= 11 is 5.02. The topological polar surface area (TPSA) is 46.9 Å². The number of thioether (sulfide) groups is 1. The van der Waals surface area contributed by atoms with Crippen molar-refractivity contribution >= 4 is 33.6 Å². The molecule has 3 aromatic rings. The number of hydrogen-bond acceptors (Lipinski definition) is 3. The lowest BCUT2D eigenvalue weighted by atomic mass is 10.1. The van der Waals surface area contributed by atoms with Gasteiger partial charge in [0.2, 0.25) is 5.91 Å². The molecule has 1 amide bonds. The second kappa shape index (κ2) is 9.05. The zero-order valence-electron chi connectivity index (χ0n) is 14.5. The van der Waals surface area contributed by atoms with Crippen LogP contribution in [0.5, 0.6) is 0 Å². The Balaban J connectivity index is 1.45. The van der Waals surface area contributed by atoms with Gasteiger partial charge < -0.3 is 5.32 Å². The Morgan fingerprint density at radius 1 is 1.19 bits per heavy atom. The fraction of sp³-hybridized carbons (Fsp3) is 0.200. The van der Waals surface area contributed by atoms with Crippen LogP contribution in [0.1, 0.15) is 16.7 Å². The molecule has 4 nitrogen and oxygen atoms in total. The average Bonchev–Trinajstić information content (AvgIpc) is 3.13. The van der Waals surface area contributed by atoms with E-state index in [1.165, 1.54) is 11.1 Å². The van der Waals surface area contributed by atoms with Gasteiger partial charge in [0, 0.05) is 28.3 Å². The van der Waals surface area contributed by atoms with E-state index in [0.29, 0.717) is 12.3 Å².